The molecule has 1 aliphatic carbocycles. The fourth-order valence-electron chi connectivity index (χ4n) is 3.81. The smallest absolute Gasteiger partial charge is 0.308 e. The zero-order valence-corrected chi connectivity index (χ0v) is 18.4. The number of carbonyl (C=O) groups is 2. The molecule has 1 amide bonds. The van der Waals surface area contributed by atoms with Gasteiger partial charge in [-0.25, -0.2) is 4.39 Å². The van der Waals surface area contributed by atoms with Crippen LogP contribution in [0.15, 0.2) is 48.7 Å². The average molecular weight is 457 g/mol. The summed E-state index contributed by atoms with van der Waals surface area (Å²) in [6, 6.07) is 11.4. The number of pyridine rings is 1. The summed E-state index contributed by atoms with van der Waals surface area (Å²) in [5, 5.41) is 4.03. The molecule has 2 aromatic carbocycles. The first-order valence-corrected chi connectivity index (χ1v) is 10.6. The van der Waals surface area contributed by atoms with Crippen LogP contribution in [0, 0.1) is 11.7 Å². The predicted octanol–water partition coefficient (Wildman–Crippen LogP) is 4.53. The standard InChI is InChI=1S/C24H22ClFN2O4/c1-13(23(29)28-16-9-14(10-16)24(30)31-2)32-17-4-6-20-18(7-8-27-22(20)12-17)19-5-3-15(26)11-21(19)25/h3-8,11-14,16H,9-10H2,1-2H3,(H,28,29)/t13-,14?,16?/m1/s1. The van der Waals surface area contributed by atoms with E-state index in [1.165, 1.54) is 19.2 Å². The van der Waals surface area contributed by atoms with E-state index in [1.54, 1.807) is 31.3 Å². The van der Waals surface area contributed by atoms with Gasteiger partial charge >= 0.3 is 5.97 Å². The number of fused-ring (bicyclic) bond motifs is 1. The van der Waals surface area contributed by atoms with Gasteiger partial charge in [0.15, 0.2) is 6.10 Å². The Balaban J connectivity index is 1.45. The Morgan fingerprint density at radius 3 is 2.66 bits per heavy atom. The molecule has 6 nitrogen and oxygen atoms in total. The molecule has 1 heterocycles. The zero-order chi connectivity index (χ0) is 22.8. The minimum atomic E-state index is -0.723. The average Bonchev–Trinajstić information content (AvgIpc) is 2.74. The van der Waals surface area contributed by atoms with Gasteiger partial charge in [0.25, 0.3) is 5.91 Å². The third-order valence-corrected chi connectivity index (χ3v) is 5.95. The topological polar surface area (TPSA) is 77.5 Å². The van der Waals surface area contributed by atoms with Crippen LogP contribution >= 0.6 is 11.6 Å². The lowest BCUT2D eigenvalue weighted by Crippen LogP contribution is -2.50. The Bertz CT molecular complexity index is 1180. The van der Waals surface area contributed by atoms with Crippen molar-refractivity contribution in [1.29, 1.82) is 0 Å². The fourth-order valence-corrected chi connectivity index (χ4v) is 4.08. The van der Waals surface area contributed by atoms with Gasteiger partial charge < -0.3 is 14.8 Å². The maximum atomic E-state index is 13.4. The molecule has 0 radical (unpaired) electrons. The molecule has 0 bridgehead atoms. The van der Waals surface area contributed by atoms with E-state index in [0.29, 0.717) is 34.7 Å². The van der Waals surface area contributed by atoms with Gasteiger partial charge in [-0.1, -0.05) is 11.6 Å². The highest BCUT2D eigenvalue weighted by molar-refractivity contribution is 6.33. The first-order chi connectivity index (χ1) is 15.4. The number of aromatic nitrogens is 1. The van der Waals surface area contributed by atoms with Gasteiger partial charge in [-0.3, -0.25) is 14.6 Å². The van der Waals surface area contributed by atoms with Gasteiger partial charge in [0.05, 0.1) is 23.6 Å². The van der Waals surface area contributed by atoms with E-state index < -0.39 is 11.9 Å². The zero-order valence-electron chi connectivity index (χ0n) is 17.6. The van der Waals surface area contributed by atoms with Crippen LogP contribution in [-0.4, -0.2) is 36.1 Å². The molecule has 8 heteroatoms. The lowest BCUT2D eigenvalue weighted by atomic mass is 9.80. The van der Waals surface area contributed by atoms with Crippen LogP contribution in [0.3, 0.4) is 0 Å². The highest BCUT2D eigenvalue weighted by atomic mass is 35.5. The number of nitrogens with one attached hydrogen (secondary N) is 1. The van der Waals surface area contributed by atoms with Crippen LogP contribution in [0.25, 0.3) is 22.0 Å². The summed E-state index contributed by atoms with van der Waals surface area (Å²) in [5.41, 5.74) is 2.18. The van der Waals surface area contributed by atoms with Crippen molar-refractivity contribution in [2.24, 2.45) is 5.92 Å². The van der Waals surface area contributed by atoms with Gasteiger partial charge in [0.1, 0.15) is 11.6 Å². The minimum Gasteiger partial charge on any atom is -0.481 e. The van der Waals surface area contributed by atoms with E-state index in [4.69, 9.17) is 21.1 Å². The Labute approximate surface area is 189 Å². The minimum absolute atomic E-state index is 0.0565. The molecule has 4 rings (SSSR count). The molecular formula is C24H22ClFN2O4. The summed E-state index contributed by atoms with van der Waals surface area (Å²) in [5.74, 6) is -0.557. The quantitative estimate of drug-likeness (QED) is 0.551. The molecule has 0 saturated heterocycles. The molecule has 32 heavy (non-hydrogen) atoms. The number of hydrogen-bond acceptors (Lipinski definition) is 5. The molecule has 1 N–H and O–H groups in total. The summed E-state index contributed by atoms with van der Waals surface area (Å²) in [4.78, 5) is 28.3. The maximum absolute atomic E-state index is 13.4. The highest BCUT2D eigenvalue weighted by Gasteiger charge is 2.36. The van der Waals surface area contributed by atoms with E-state index in [2.05, 4.69) is 10.3 Å². The maximum Gasteiger partial charge on any atom is 0.308 e. The van der Waals surface area contributed by atoms with Crippen molar-refractivity contribution >= 4 is 34.4 Å². The molecule has 0 unspecified atom stereocenters. The number of amides is 1. The lowest BCUT2D eigenvalue weighted by Gasteiger charge is -2.34. The molecule has 1 saturated carbocycles. The lowest BCUT2D eigenvalue weighted by molar-refractivity contribution is -0.150. The van der Waals surface area contributed by atoms with Crippen LogP contribution in [-0.2, 0) is 14.3 Å². The van der Waals surface area contributed by atoms with E-state index >= 15 is 0 Å². The SMILES string of the molecule is COC(=O)C1CC(NC(=O)[C@@H](C)Oc2ccc3c(-c4ccc(F)cc4Cl)ccnc3c2)C1. The van der Waals surface area contributed by atoms with E-state index in [0.717, 1.165) is 10.9 Å². The number of halogens is 2. The molecule has 3 aromatic rings. The number of rotatable bonds is 6. The van der Waals surface area contributed by atoms with E-state index in [-0.39, 0.29) is 23.8 Å². The largest absolute Gasteiger partial charge is 0.481 e. The Hall–Kier alpha value is -3.19. The van der Waals surface area contributed by atoms with Gasteiger partial charge in [0.2, 0.25) is 0 Å². The van der Waals surface area contributed by atoms with Crippen molar-refractivity contribution < 1.29 is 23.5 Å². The van der Waals surface area contributed by atoms with Crippen molar-refractivity contribution in [3.8, 4) is 16.9 Å². The molecule has 1 fully saturated rings. The molecule has 1 aliphatic rings. The monoisotopic (exact) mass is 456 g/mol. The van der Waals surface area contributed by atoms with E-state index in [9.17, 15) is 14.0 Å². The summed E-state index contributed by atoms with van der Waals surface area (Å²) < 4.78 is 24.0. The van der Waals surface area contributed by atoms with Gasteiger partial charge in [0, 0.05) is 29.3 Å². The van der Waals surface area contributed by atoms with Gasteiger partial charge in [-0.2, -0.15) is 0 Å². The summed E-state index contributed by atoms with van der Waals surface area (Å²) >= 11 is 6.24. The summed E-state index contributed by atoms with van der Waals surface area (Å²) in [6.45, 7) is 1.66. The fraction of sp³-hybridized carbons (Fsp3) is 0.292. The van der Waals surface area contributed by atoms with Gasteiger partial charge in [-0.15, -0.1) is 0 Å². The van der Waals surface area contributed by atoms with Crippen LogP contribution in [0.1, 0.15) is 19.8 Å². The second kappa shape index (κ2) is 9.12. The number of hydrogen-bond donors (Lipinski definition) is 1. The number of carbonyl (C=O) groups excluding carboxylic acids is 2. The van der Waals surface area contributed by atoms with Crippen LogP contribution in [0.2, 0.25) is 5.02 Å². The first kappa shape index (κ1) is 22.0. The number of methoxy groups -OCH3 is 1. The first-order valence-electron chi connectivity index (χ1n) is 10.2. The summed E-state index contributed by atoms with van der Waals surface area (Å²) in [7, 11) is 1.36. The van der Waals surface area contributed by atoms with Crippen LogP contribution in [0.4, 0.5) is 4.39 Å². The van der Waals surface area contributed by atoms with Crippen molar-refractivity contribution in [3.05, 3.63) is 59.5 Å². The third-order valence-electron chi connectivity index (χ3n) is 5.64. The van der Waals surface area contributed by atoms with Crippen LogP contribution < -0.4 is 10.1 Å². The van der Waals surface area contributed by atoms with Crippen molar-refractivity contribution in [2.75, 3.05) is 7.11 Å². The number of ether oxygens (including phenoxy) is 2. The third kappa shape index (κ3) is 4.53. The number of esters is 1. The van der Waals surface area contributed by atoms with Gasteiger partial charge in [-0.05, 0) is 61.7 Å². The second-order valence-electron chi connectivity index (χ2n) is 7.82. The van der Waals surface area contributed by atoms with Crippen molar-refractivity contribution in [1.82, 2.24) is 10.3 Å². The summed E-state index contributed by atoms with van der Waals surface area (Å²) in [6.07, 6.45) is 2.06. The Kier molecular flexibility index (Phi) is 6.28. The number of benzene rings is 2. The van der Waals surface area contributed by atoms with Crippen LogP contribution in [0.5, 0.6) is 5.75 Å². The highest BCUT2D eigenvalue weighted by Crippen LogP contribution is 2.34. The molecule has 166 valence electrons. The Morgan fingerprint density at radius 2 is 1.94 bits per heavy atom. The molecular weight excluding hydrogens is 435 g/mol. The Morgan fingerprint density at radius 1 is 1.16 bits per heavy atom. The molecule has 0 spiro atoms. The number of nitrogens with zero attached hydrogens (tertiary/aromatic N) is 1. The van der Waals surface area contributed by atoms with Crippen molar-refractivity contribution in [3.63, 3.8) is 0 Å². The normalized spacial score (nSPS) is 18.5. The molecule has 1 aromatic heterocycles. The van der Waals surface area contributed by atoms with Crippen molar-refractivity contribution in [2.45, 2.75) is 31.9 Å². The van der Waals surface area contributed by atoms with E-state index in [1.807, 2.05) is 12.1 Å². The second-order valence-corrected chi connectivity index (χ2v) is 8.23. The molecule has 0 aliphatic heterocycles. The predicted molar refractivity (Wildman–Crippen MR) is 119 cm³/mol. The molecule has 1 atom stereocenters.